The molecule has 0 heterocycles. The first-order valence-electron chi connectivity index (χ1n) is 0.612. The van der Waals surface area contributed by atoms with E-state index in [-0.39, 0.29) is 43.3 Å². The third-order valence-corrected chi connectivity index (χ3v) is 0. The Morgan fingerprint density at radius 3 is 1.33 bits per heavy atom. The molecule has 6 heavy (non-hydrogen) atoms. The van der Waals surface area contributed by atoms with Gasteiger partial charge in [0, 0.05) is 9.17 Å². The molecule has 0 aromatic heterocycles. The fourth-order valence-electron chi connectivity index (χ4n) is 0. The Kier molecular flexibility index (Phi) is 24.6. The van der Waals surface area contributed by atoms with Crippen molar-refractivity contribution in [2.45, 2.75) is 0 Å². The molecule has 0 atom stereocenters. The van der Waals surface area contributed by atoms with Gasteiger partial charge in [-0.3, -0.25) is 0 Å². The van der Waals surface area contributed by atoms with Crippen LogP contribution < -0.4 is 9.59 Å². The molecule has 0 N–H and O–H groups in total. The zero-order valence-electron chi connectivity index (χ0n) is 2.58. The van der Waals surface area contributed by atoms with Crippen molar-refractivity contribution in [2.75, 3.05) is 0 Å². The van der Waals surface area contributed by atoms with Crippen molar-refractivity contribution in [3.8, 4) is 0 Å². The molecule has 6 heteroatoms. The first kappa shape index (κ1) is 15.7. The Bertz CT molecular complexity index is 33.8. The molecule has 0 spiro atoms. The molecule has 0 saturated heterocycles. The van der Waals surface area contributed by atoms with Crippen molar-refractivity contribution < 1.29 is 57.3 Å². The molecule has 32 valence electrons. The Morgan fingerprint density at radius 1 is 1.33 bits per heavy atom. The monoisotopic (exact) mass is 222 g/mol. The molecule has 0 bridgehead atoms. The summed E-state index contributed by atoms with van der Waals surface area (Å²) in [4.78, 5) is 17.0. The molecule has 0 aromatic carbocycles. The molecule has 0 radical (unpaired) electrons. The van der Waals surface area contributed by atoms with E-state index in [0.717, 1.165) is 0 Å². The van der Waals surface area contributed by atoms with E-state index in [1.54, 1.807) is 0 Å². The van der Waals surface area contributed by atoms with Crippen LogP contribution in [-0.2, 0) is 47.7 Å². The van der Waals surface area contributed by atoms with Gasteiger partial charge in [0.1, 0.15) is 0 Å². The summed E-state index contributed by atoms with van der Waals surface area (Å²) in [6, 6.07) is 0. The predicted molar refractivity (Wildman–Crippen MR) is 6.44 cm³/mol. The van der Waals surface area contributed by atoms with E-state index in [2.05, 4.69) is 0 Å². The van der Waals surface area contributed by atoms with Crippen molar-refractivity contribution in [3.05, 3.63) is 0 Å². The van der Waals surface area contributed by atoms with Crippen LogP contribution in [0, 0.1) is 0 Å². The molecule has 0 aromatic rings. The van der Waals surface area contributed by atoms with Gasteiger partial charge in [-0.15, -0.1) is 0 Å². The van der Waals surface area contributed by atoms with Crippen LogP contribution in [0.5, 0.6) is 0 Å². The first-order valence-corrected chi connectivity index (χ1v) is 1.84. The molecule has 0 aliphatic heterocycles. The van der Waals surface area contributed by atoms with Gasteiger partial charge in [0.2, 0.25) is 0 Å². The Balaban J connectivity index is -0.0000000450. The zero-order chi connectivity index (χ0) is 3.58. The zero-order valence-corrected chi connectivity index (χ0v) is 7.14. The Hall–Kier alpha value is 1.02. The quantitative estimate of drug-likeness (QED) is 0.414. The van der Waals surface area contributed by atoms with Gasteiger partial charge in [0.05, 0.1) is 0 Å². The molecule has 0 saturated carbocycles. The maximum Gasteiger partial charge on any atom is 2.00 e. The van der Waals surface area contributed by atoms with Crippen LogP contribution in [0.25, 0.3) is 0 Å². The average Bonchev–Trinajstić information content (AvgIpc) is 0.811. The number of hydrogen-bond acceptors (Lipinski definition) is 3. The van der Waals surface area contributed by atoms with Crippen LogP contribution in [0.1, 0.15) is 0 Å². The SMILES string of the molecule is O=[Si]([O-])[O-].[Fe+2].[Zr+2]. The van der Waals surface area contributed by atoms with Crippen LogP contribution in [0.4, 0.5) is 0 Å². The first-order chi connectivity index (χ1) is 1.73. The third-order valence-electron chi connectivity index (χ3n) is 0. The summed E-state index contributed by atoms with van der Waals surface area (Å²) in [6.07, 6.45) is 0. The van der Waals surface area contributed by atoms with Crippen LogP contribution in [0.2, 0.25) is 0 Å². The van der Waals surface area contributed by atoms with Gasteiger partial charge in [-0.05, 0) is 0 Å². The number of rotatable bonds is 0. The summed E-state index contributed by atoms with van der Waals surface area (Å²) in [6.45, 7) is 0. The van der Waals surface area contributed by atoms with Gasteiger partial charge in [-0.25, -0.2) is 0 Å². The summed E-state index contributed by atoms with van der Waals surface area (Å²) in [5.41, 5.74) is 0. The van der Waals surface area contributed by atoms with Gasteiger partial charge >= 0.3 is 43.3 Å². The van der Waals surface area contributed by atoms with E-state index in [1.165, 1.54) is 0 Å². The number of hydrogen-bond donors (Lipinski definition) is 0. The minimum Gasteiger partial charge on any atom is -0.672 e. The average molecular weight is 223 g/mol. The maximum absolute atomic E-state index is 8.52. The van der Waals surface area contributed by atoms with Crippen LogP contribution in [0.3, 0.4) is 0 Å². The molecule has 3 nitrogen and oxygen atoms in total. The summed E-state index contributed by atoms with van der Waals surface area (Å²) in [5.74, 6) is 0. The van der Waals surface area contributed by atoms with Gasteiger partial charge in [-0.2, -0.15) is 0 Å². The van der Waals surface area contributed by atoms with E-state index in [4.69, 9.17) is 14.1 Å². The van der Waals surface area contributed by atoms with Crippen molar-refractivity contribution in [1.29, 1.82) is 0 Å². The summed E-state index contributed by atoms with van der Waals surface area (Å²) in [5, 5.41) is 0. The van der Waals surface area contributed by atoms with E-state index in [0.29, 0.717) is 0 Å². The fourth-order valence-corrected chi connectivity index (χ4v) is 0. The van der Waals surface area contributed by atoms with Crippen molar-refractivity contribution in [3.63, 3.8) is 0 Å². The normalized spacial score (nSPS) is 4.00. The largest absolute Gasteiger partial charge is 2.00 e. The third kappa shape index (κ3) is 78.0. The van der Waals surface area contributed by atoms with E-state index in [1.807, 2.05) is 0 Å². The second kappa shape index (κ2) is 9.39. The molecule has 0 aliphatic carbocycles. The maximum atomic E-state index is 8.52. The molecule has 0 amide bonds. The van der Waals surface area contributed by atoms with Gasteiger partial charge in [0.25, 0.3) is 0 Å². The molecule has 0 fully saturated rings. The second-order valence-corrected chi connectivity index (χ2v) is 0.750. The van der Waals surface area contributed by atoms with Crippen LogP contribution in [-0.4, -0.2) is 9.17 Å². The summed E-state index contributed by atoms with van der Waals surface area (Å²) < 4.78 is 8.52. The molecule has 0 aliphatic rings. The second-order valence-electron chi connectivity index (χ2n) is 0.250. The van der Waals surface area contributed by atoms with Crippen molar-refractivity contribution in [1.82, 2.24) is 0 Å². The van der Waals surface area contributed by atoms with E-state index >= 15 is 0 Å². The molecular formula is FeO3SiZr+2. The minimum absolute atomic E-state index is 0. The van der Waals surface area contributed by atoms with Crippen molar-refractivity contribution >= 4 is 9.17 Å². The van der Waals surface area contributed by atoms with E-state index in [9.17, 15) is 0 Å². The Labute approximate surface area is 66.3 Å². The minimum atomic E-state index is -3.63. The van der Waals surface area contributed by atoms with Gasteiger partial charge in [0.15, 0.2) is 0 Å². The summed E-state index contributed by atoms with van der Waals surface area (Å²) in [7, 11) is -3.63. The van der Waals surface area contributed by atoms with Crippen LogP contribution in [0.15, 0.2) is 0 Å². The standard InChI is InChI=1S/Fe.O3Si.Zr/c;1-4(2)3;/q+2;-2;+2. The molecule has 0 rings (SSSR count). The van der Waals surface area contributed by atoms with Gasteiger partial charge in [-0.1, -0.05) is 0 Å². The molecule has 0 unspecified atom stereocenters. The van der Waals surface area contributed by atoms with Crippen molar-refractivity contribution in [2.24, 2.45) is 0 Å². The molecular weight excluding hydrogens is 223 g/mol. The van der Waals surface area contributed by atoms with Gasteiger partial charge < -0.3 is 14.1 Å². The summed E-state index contributed by atoms with van der Waals surface area (Å²) >= 11 is 0. The van der Waals surface area contributed by atoms with E-state index < -0.39 is 9.17 Å². The van der Waals surface area contributed by atoms with Crippen LogP contribution >= 0.6 is 0 Å². The smallest absolute Gasteiger partial charge is 0.672 e. The predicted octanol–water partition coefficient (Wildman–Crippen LogP) is -2.88. The topological polar surface area (TPSA) is 63.2 Å². The Morgan fingerprint density at radius 2 is 1.33 bits per heavy atom. The fraction of sp³-hybridized carbons (Fsp3) is 0.